The molecule has 1 aliphatic rings. The van der Waals surface area contributed by atoms with Crippen molar-refractivity contribution in [2.45, 2.75) is 34.6 Å². The van der Waals surface area contributed by atoms with Crippen molar-refractivity contribution in [3.8, 4) is 0 Å². The Balaban J connectivity index is 0.000000423. The molecule has 0 saturated heterocycles. The van der Waals surface area contributed by atoms with Crippen LogP contribution in [-0.2, 0) is 20.4 Å². The maximum atomic E-state index is 5.07. The van der Waals surface area contributed by atoms with E-state index >= 15 is 0 Å². The first-order valence-corrected chi connectivity index (χ1v) is 6.40. The van der Waals surface area contributed by atoms with Crippen molar-refractivity contribution in [2.75, 3.05) is 5.88 Å². The van der Waals surface area contributed by atoms with Gasteiger partial charge in [-0.1, -0.05) is 6.08 Å². The van der Waals surface area contributed by atoms with Crippen LogP contribution in [-0.4, -0.2) is 5.88 Å². The van der Waals surface area contributed by atoms with E-state index in [1.165, 1.54) is 20.6 Å². The summed E-state index contributed by atoms with van der Waals surface area (Å²) in [5.74, 6) is 0.556. The third-order valence-corrected chi connectivity index (χ3v) is 4.95. The van der Waals surface area contributed by atoms with Crippen LogP contribution < -0.4 is 0 Å². The molecule has 0 unspecified atom stereocenters. The van der Waals surface area contributed by atoms with E-state index in [1.54, 1.807) is 6.08 Å². The number of allylic oxidation sites excluding steroid dienone is 5. The molecule has 0 nitrogen and oxygen atoms in total. The predicted octanol–water partition coefficient (Wildman–Crippen LogP) is 4.59. The minimum absolute atomic E-state index is 0.314. The molecule has 0 aromatic carbocycles. The number of hydrogen-bond acceptors (Lipinski definition) is 0. The standard InChI is InChI=1S/C10H15.C3H5Cl.Ti/c1-7-6-10(4,5)9(3)8(7)2;1-2-3-4;/h1-5H3;2H,1,3H2;. The SMILES string of the molecule is C=CCCl.CC1=C(C)C(C)(C)[C]([Ti])=C1C. The molecule has 0 amide bonds. The van der Waals surface area contributed by atoms with Gasteiger partial charge >= 0.3 is 81.1 Å². The van der Waals surface area contributed by atoms with Gasteiger partial charge in [-0.2, -0.15) is 0 Å². The molecule has 0 aliphatic heterocycles. The van der Waals surface area contributed by atoms with E-state index in [9.17, 15) is 0 Å². The molecule has 0 fully saturated rings. The second kappa shape index (κ2) is 6.08. The second-order valence-corrected chi connectivity index (χ2v) is 5.41. The van der Waals surface area contributed by atoms with Crippen LogP contribution in [0.5, 0.6) is 0 Å². The quantitative estimate of drug-likeness (QED) is 0.367. The monoisotopic (exact) mass is 259 g/mol. The van der Waals surface area contributed by atoms with Crippen LogP contribution in [0, 0.1) is 5.41 Å². The van der Waals surface area contributed by atoms with Gasteiger partial charge < -0.3 is 0 Å². The fourth-order valence-electron chi connectivity index (χ4n) is 1.59. The van der Waals surface area contributed by atoms with Crippen LogP contribution in [0.1, 0.15) is 34.6 Å². The van der Waals surface area contributed by atoms with Gasteiger partial charge in [0, 0.05) is 5.88 Å². The summed E-state index contributed by atoms with van der Waals surface area (Å²) in [5.41, 5.74) is 4.83. The third kappa shape index (κ3) is 3.34. The van der Waals surface area contributed by atoms with Crippen LogP contribution in [0.25, 0.3) is 0 Å². The molecule has 0 aromatic heterocycles. The zero-order valence-corrected chi connectivity index (χ0v) is 12.7. The first-order valence-electron chi connectivity index (χ1n) is 5.08. The molecule has 0 bridgehead atoms. The van der Waals surface area contributed by atoms with E-state index in [0.29, 0.717) is 11.3 Å². The summed E-state index contributed by atoms with van der Waals surface area (Å²) >= 11 is 7.31. The van der Waals surface area contributed by atoms with Gasteiger partial charge in [-0.25, -0.2) is 0 Å². The number of hydrogen-bond donors (Lipinski definition) is 0. The number of rotatable bonds is 1. The number of halogens is 1. The molecule has 0 spiro atoms. The molecule has 0 radical (unpaired) electrons. The van der Waals surface area contributed by atoms with E-state index < -0.39 is 0 Å². The molecule has 1 aliphatic carbocycles. The van der Waals surface area contributed by atoms with E-state index in [2.05, 4.69) is 61.6 Å². The van der Waals surface area contributed by atoms with Crippen LogP contribution in [0.3, 0.4) is 0 Å². The zero-order valence-electron chi connectivity index (χ0n) is 10.4. The van der Waals surface area contributed by atoms with E-state index in [1.807, 2.05) is 0 Å². The van der Waals surface area contributed by atoms with Crippen LogP contribution >= 0.6 is 11.6 Å². The zero-order chi connectivity index (χ0) is 12.2. The Bertz CT molecular complexity index is 282. The minimum atomic E-state index is 0.314. The van der Waals surface area contributed by atoms with Crippen molar-refractivity contribution in [1.29, 1.82) is 0 Å². The average molecular weight is 260 g/mol. The Hall–Kier alpha value is 0.224. The summed E-state index contributed by atoms with van der Waals surface area (Å²) in [6.45, 7) is 14.6. The Morgan fingerprint density at radius 1 is 1.27 bits per heavy atom. The Morgan fingerprint density at radius 2 is 1.67 bits per heavy atom. The molecule has 15 heavy (non-hydrogen) atoms. The molecule has 83 valence electrons. The topological polar surface area (TPSA) is 0 Å². The van der Waals surface area contributed by atoms with Crippen LogP contribution in [0.4, 0.5) is 0 Å². The van der Waals surface area contributed by atoms with Gasteiger partial charge in [0.2, 0.25) is 0 Å². The molecule has 0 aromatic rings. The van der Waals surface area contributed by atoms with Gasteiger partial charge in [-0.3, -0.25) is 0 Å². The van der Waals surface area contributed by atoms with Gasteiger partial charge in [0.1, 0.15) is 0 Å². The van der Waals surface area contributed by atoms with Gasteiger partial charge in [-0.05, 0) is 0 Å². The summed E-state index contributed by atoms with van der Waals surface area (Å²) in [6, 6.07) is 0. The summed E-state index contributed by atoms with van der Waals surface area (Å²) in [7, 11) is 0. The van der Waals surface area contributed by atoms with E-state index in [0.717, 1.165) is 0 Å². The molecule has 0 N–H and O–H groups in total. The Labute approximate surface area is 111 Å². The molecule has 0 saturated carbocycles. The van der Waals surface area contributed by atoms with Crippen LogP contribution in [0.2, 0.25) is 0 Å². The van der Waals surface area contributed by atoms with E-state index in [-0.39, 0.29) is 0 Å². The van der Waals surface area contributed by atoms with Crippen molar-refractivity contribution in [1.82, 2.24) is 0 Å². The van der Waals surface area contributed by atoms with Crippen molar-refractivity contribution >= 4 is 11.6 Å². The van der Waals surface area contributed by atoms with E-state index in [4.69, 9.17) is 11.6 Å². The average Bonchev–Trinajstić information content (AvgIpc) is 2.35. The summed E-state index contributed by atoms with van der Waals surface area (Å²) in [5, 5.41) is 0. The fraction of sp³-hybridized carbons (Fsp3) is 0.538. The molecule has 1 rings (SSSR count). The van der Waals surface area contributed by atoms with Crippen molar-refractivity contribution in [2.24, 2.45) is 5.41 Å². The second-order valence-electron chi connectivity index (χ2n) is 4.32. The first kappa shape index (κ1) is 15.2. The van der Waals surface area contributed by atoms with Crippen LogP contribution in [0.15, 0.2) is 33.3 Å². The third-order valence-electron chi connectivity index (χ3n) is 3.17. The molecular formula is C13H20ClTi. The normalized spacial score (nSPS) is 18.7. The Morgan fingerprint density at radius 3 is 1.73 bits per heavy atom. The number of alkyl halides is 1. The molecular weight excluding hydrogens is 239 g/mol. The predicted molar refractivity (Wildman–Crippen MR) is 65.8 cm³/mol. The van der Waals surface area contributed by atoms with Gasteiger partial charge in [0.05, 0.1) is 0 Å². The summed E-state index contributed by atoms with van der Waals surface area (Å²) in [4.78, 5) is 0. The van der Waals surface area contributed by atoms with Crippen molar-refractivity contribution < 1.29 is 20.4 Å². The van der Waals surface area contributed by atoms with Crippen molar-refractivity contribution in [3.05, 3.63) is 33.3 Å². The summed E-state index contributed by atoms with van der Waals surface area (Å²) < 4.78 is 1.53. The Kier molecular flexibility index (Phi) is 6.17. The van der Waals surface area contributed by atoms with Gasteiger partial charge in [0.15, 0.2) is 0 Å². The van der Waals surface area contributed by atoms with Gasteiger partial charge in [0.25, 0.3) is 0 Å². The first-order chi connectivity index (χ1) is 6.80. The van der Waals surface area contributed by atoms with Gasteiger partial charge in [-0.15, -0.1) is 18.2 Å². The summed E-state index contributed by atoms with van der Waals surface area (Å²) in [6.07, 6.45) is 1.64. The molecule has 0 heterocycles. The molecule has 2 heteroatoms. The maximum absolute atomic E-state index is 5.07. The molecule has 0 atom stereocenters. The van der Waals surface area contributed by atoms with Crippen molar-refractivity contribution in [3.63, 3.8) is 0 Å². The fourth-order valence-corrected chi connectivity index (χ4v) is 2.18.